The van der Waals surface area contributed by atoms with Crippen molar-refractivity contribution in [2.45, 2.75) is 140 Å². The van der Waals surface area contributed by atoms with Crippen molar-refractivity contribution in [3.63, 3.8) is 0 Å². The first-order valence-corrected chi connectivity index (χ1v) is 18.5. The topological polar surface area (TPSA) is 193 Å². The van der Waals surface area contributed by atoms with Gasteiger partial charge in [-0.2, -0.15) is 52.7 Å². The minimum absolute atomic E-state index is 0. The number of hydroxylamine groups is 6. The predicted molar refractivity (Wildman–Crippen MR) is 199 cm³/mol. The van der Waals surface area contributed by atoms with Crippen LogP contribution in [0.2, 0.25) is 0 Å². The fourth-order valence-electron chi connectivity index (χ4n) is 5.20. The van der Waals surface area contributed by atoms with Gasteiger partial charge in [-0.15, -0.1) is 10.1 Å². The second-order valence-corrected chi connectivity index (χ2v) is 16.3. The van der Waals surface area contributed by atoms with Crippen LogP contribution in [0, 0.1) is 0 Å². The maximum Gasteiger partial charge on any atom is 0.414 e. The number of aliphatic hydroxyl groups excluding tert-OH is 4. The van der Waals surface area contributed by atoms with Gasteiger partial charge in [0.25, 0.3) is 0 Å². The summed E-state index contributed by atoms with van der Waals surface area (Å²) in [6.45, 7) is 15.1. The van der Waals surface area contributed by atoms with Crippen LogP contribution in [-0.2, 0) is 16.8 Å². The molecular formula is C38H54CoF12N4O10+2. The van der Waals surface area contributed by atoms with Crippen molar-refractivity contribution in [3.05, 3.63) is 59.7 Å². The number of amidine groups is 2. The summed E-state index contributed by atoms with van der Waals surface area (Å²) in [5, 5.41) is 76.2. The van der Waals surface area contributed by atoms with E-state index >= 15 is 0 Å². The molecule has 2 heterocycles. The molecule has 0 bridgehead atoms. The Morgan fingerprint density at radius 2 is 0.677 bits per heavy atom. The number of benzene rings is 2. The Morgan fingerprint density at radius 1 is 0.477 bits per heavy atom. The number of hydrogen-bond donors (Lipinski definition) is 8. The van der Waals surface area contributed by atoms with Gasteiger partial charge < -0.3 is 40.3 Å². The monoisotopic (exact) mass is 1010 g/mol. The van der Waals surface area contributed by atoms with Crippen molar-refractivity contribution in [1.29, 1.82) is 0 Å². The Bertz CT molecular complexity index is 1720. The molecule has 377 valence electrons. The number of rotatable bonds is 8. The summed E-state index contributed by atoms with van der Waals surface area (Å²) in [7, 11) is 3.20. The fraction of sp³-hybridized carbons (Fsp3) is 0.632. The molecule has 14 nitrogen and oxygen atoms in total. The number of ether oxygens (including phenoxy) is 2. The molecule has 0 saturated carbocycles. The number of methoxy groups -OCH3 is 2. The Balaban J connectivity index is 0.000000852. The van der Waals surface area contributed by atoms with Gasteiger partial charge in [0.05, 0.1) is 25.3 Å². The van der Waals surface area contributed by atoms with E-state index in [0.717, 1.165) is 42.2 Å². The maximum absolute atomic E-state index is 11.5. The number of halogens is 12. The molecule has 1 radical (unpaired) electrons. The second kappa shape index (κ2) is 21.8. The van der Waals surface area contributed by atoms with Crippen LogP contribution in [0.3, 0.4) is 0 Å². The molecule has 0 spiro atoms. The number of alkyl halides is 12. The number of hydrogen-bond acceptors (Lipinski definition) is 12. The Morgan fingerprint density at radius 3 is 0.815 bits per heavy atom. The van der Waals surface area contributed by atoms with Crippen molar-refractivity contribution in [2.75, 3.05) is 14.2 Å². The third-order valence-electron chi connectivity index (χ3n) is 11.0. The molecule has 0 aromatic heterocycles. The fourth-order valence-corrected chi connectivity index (χ4v) is 5.20. The first-order chi connectivity index (χ1) is 28.6. The van der Waals surface area contributed by atoms with E-state index in [1.807, 2.05) is 55.4 Å². The van der Waals surface area contributed by atoms with Crippen molar-refractivity contribution in [1.82, 2.24) is 10.1 Å². The molecule has 0 saturated heterocycles. The molecule has 27 heteroatoms. The van der Waals surface area contributed by atoms with E-state index in [1.165, 1.54) is 0 Å². The smallest absolute Gasteiger partial charge is 0.414 e. The summed E-state index contributed by atoms with van der Waals surface area (Å²) in [6.07, 6.45) is -36.8. The summed E-state index contributed by atoms with van der Waals surface area (Å²) in [5.74, 6) is 2.21. The molecular weight excluding hydrogens is 959 g/mol. The van der Waals surface area contributed by atoms with Crippen LogP contribution >= 0.6 is 0 Å². The summed E-state index contributed by atoms with van der Waals surface area (Å²) in [6, 6.07) is 14.4. The molecule has 4 atom stereocenters. The van der Waals surface area contributed by atoms with E-state index in [9.17, 15) is 73.5 Å². The van der Waals surface area contributed by atoms with E-state index < -0.39 is 84.1 Å². The first kappa shape index (κ1) is 61.0. The van der Waals surface area contributed by atoms with Gasteiger partial charge in [0.2, 0.25) is 0 Å². The van der Waals surface area contributed by atoms with Crippen LogP contribution in [-0.4, -0.2) is 158 Å². The average molecular weight is 1010 g/mol. The first-order valence-electron chi connectivity index (χ1n) is 18.5. The molecule has 0 amide bonds. The zero-order valence-corrected chi connectivity index (χ0v) is 37.4. The molecule has 2 aliphatic heterocycles. The van der Waals surface area contributed by atoms with Gasteiger partial charge in [-0.3, -0.25) is 0 Å². The zero-order valence-electron chi connectivity index (χ0n) is 36.4. The molecule has 0 fully saturated rings. The van der Waals surface area contributed by atoms with Crippen LogP contribution < -0.4 is 9.47 Å². The van der Waals surface area contributed by atoms with Crippen molar-refractivity contribution in [3.8, 4) is 11.5 Å². The second-order valence-electron chi connectivity index (χ2n) is 16.3. The number of nitrogens with zero attached hydrogens (tertiary/aromatic N) is 4. The predicted octanol–water partition coefficient (Wildman–Crippen LogP) is 6.65. The van der Waals surface area contributed by atoms with Crippen LogP contribution in [0.4, 0.5) is 52.7 Å². The van der Waals surface area contributed by atoms with E-state index in [1.54, 1.807) is 62.8 Å². The average Bonchev–Trinajstić information content (AvgIpc) is 3.36. The third kappa shape index (κ3) is 14.5. The molecule has 65 heavy (non-hydrogen) atoms. The Labute approximate surface area is 375 Å². The normalized spacial score (nSPS) is 19.6. The van der Waals surface area contributed by atoms with Crippen molar-refractivity contribution >= 4 is 11.7 Å². The zero-order chi connectivity index (χ0) is 50.6. The molecule has 4 rings (SSSR count). The van der Waals surface area contributed by atoms with Gasteiger partial charge in [0.15, 0.2) is 46.6 Å². The standard InChI is InChI=1S/2C14H21N2O3.2C5H6F6O2.Co/c2*1-13(2)14(3,4)16(18)12(15(13)17)10-6-8-11(19-5)9-7-10;2*6-4(7,8)2(12)1-3(13)5(9,10)11;/h2*6-9,17-18H,1-5H3;2*2-3,12-13H,1H2;/q2*+1;;;. The minimum Gasteiger partial charge on any atom is -0.497 e. The van der Waals surface area contributed by atoms with Crippen LogP contribution in [0.15, 0.2) is 48.5 Å². The molecule has 2 aliphatic rings. The van der Waals surface area contributed by atoms with E-state index in [-0.39, 0.29) is 16.8 Å². The maximum atomic E-state index is 11.5. The largest absolute Gasteiger partial charge is 0.497 e. The molecule has 2 aromatic rings. The van der Waals surface area contributed by atoms with E-state index in [4.69, 9.17) is 29.9 Å². The van der Waals surface area contributed by atoms with E-state index in [0.29, 0.717) is 11.7 Å². The molecule has 8 N–H and O–H groups in total. The third-order valence-corrected chi connectivity index (χ3v) is 11.0. The Hall–Kier alpha value is -3.99. The van der Waals surface area contributed by atoms with Crippen LogP contribution in [0.25, 0.3) is 0 Å². The minimum atomic E-state index is -5.15. The molecule has 0 aliphatic carbocycles. The summed E-state index contributed by atoms with van der Waals surface area (Å²) >= 11 is 0. The van der Waals surface area contributed by atoms with Gasteiger partial charge in [-0.25, -0.2) is 10.4 Å². The number of aliphatic hydroxyl groups is 4. The van der Waals surface area contributed by atoms with Gasteiger partial charge in [-0.1, -0.05) is 9.48 Å². The van der Waals surface area contributed by atoms with Gasteiger partial charge in [-0.05, 0) is 104 Å². The van der Waals surface area contributed by atoms with E-state index in [2.05, 4.69) is 0 Å². The summed E-state index contributed by atoms with van der Waals surface area (Å²) < 4.78 is 150. The van der Waals surface area contributed by atoms with Gasteiger partial charge >= 0.3 is 36.4 Å². The molecule has 4 unspecified atom stereocenters. The van der Waals surface area contributed by atoms with Crippen molar-refractivity contribution < 1.29 is 130 Å². The van der Waals surface area contributed by atoms with Gasteiger partial charge in [0.1, 0.15) is 11.5 Å². The quantitative estimate of drug-likeness (QED) is 0.0799. The van der Waals surface area contributed by atoms with Crippen LogP contribution in [0.1, 0.15) is 79.4 Å². The van der Waals surface area contributed by atoms with Crippen LogP contribution in [0.5, 0.6) is 11.5 Å². The van der Waals surface area contributed by atoms with Gasteiger partial charge in [0, 0.05) is 29.6 Å². The summed E-state index contributed by atoms with van der Waals surface area (Å²) in [4.78, 5) is 0. The Kier molecular flexibility index (Phi) is 20.4. The molecule has 2 aromatic carbocycles. The summed E-state index contributed by atoms with van der Waals surface area (Å²) in [5.41, 5.74) is -1.00. The SMILES string of the molecule is COc1ccc(C2=[N+](O)C(C)(C)C(C)(C)N2O)cc1.COc1ccc(C2=[N+](O)C(C)(C)C(C)(C)N2O)cc1.OC(CC(O)C(F)(F)F)C(F)(F)F.OC(CC(O)C(F)(F)F)C(F)(F)F.[Co]. The van der Waals surface area contributed by atoms with Crippen molar-refractivity contribution in [2.24, 2.45) is 0 Å².